The molecule has 1 saturated heterocycles. The van der Waals surface area contributed by atoms with Gasteiger partial charge < -0.3 is 20.3 Å². The number of hydrogen-bond acceptors (Lipinski definition) is 9. The number of ether oxygens (including phenoxy) is 1. The van der Waals surface area contributed by atoms with Crippen molar-refractivity contribution in [3.8, 4) is 22.9 Å². The molecule has 0 saturated carbocycles. The first-order chi connectivity index (χ1) is 19.9. The number of nitrogens with zero attached hydrogens (tertiary/aromatic N) is 5. The second-order valence-electron chi connectivity index (χ2n) is 10.6. The molecule has 0 amide bonds. The van der Waals surface area contributed by atoms with Gasteiger partial charge in [-0.15, -0.1) is 11.3 Å². The Morgan fingerprint density at radius 2 is 1.88 bits per heavy atom. The fraction of sp³-hybridized carbons (Fsp3) is 0.290. The number of thiazole rings is 1. The molecule has 0 aliphatic carbocycles. The summed E-state index contributed by atoms with van der Waals surface area (Å²) in [4.78, 5) is 20.2. The van der Waals surface area contributed by atoms with Crippen LogP contribution in [0.3, 0.4) is 0 Å². The molecule has 2 atom stereocenters. The molecule has 0 unspecified atom stereocenters. The van der Waals surface area contributed by atoms with Crippen LogP contribution in [0, 0.1) is 25.6 Å². The minimum absolute atomic E-state index is 0.262. The van der Waals surface area contributed by atoms with Gasteiger partial charge in [0, 0.05) is 48.2 Å². The van der Waals surface area contributed by atoms with Gasteiger partial charge in [0.2, 0.25) is 11.8 Å². The zero-order chi connectivity index (χ0) is 28.5. The van der Waals surface area contributed by atoms with E-state index >= 15 is 4.39 Å². The zero-order valence-corrected chi connectivity index (χ0v) is 24.3. The third-order valence-electron chi connectivity index (χ3n) is 7.36. The van der Waals surface area contributed by atoms with Gasteiger partial charge in [-0.2, -0.15) is 0 Å². The molecule has 1 fully saturated rings. The van der Waals surface area contributed by atoms with Gasteiger partial charge in [-0.25, -0.2) is 24.3 Å². The summed E-state index contributed by atoms with van der Waals surface area (Å²) >= 11 is 1.53. The number of aryl methyl sites for hydroxylation is 2. The average Bonchev–Trinajstić information content (AvgIpc) is 3.41. The highest BCUT2D eigenvalue weighted by Gasteiger charge is 2.22. The van der Waals surface area contributed by atoms with E-state index in [1.165, 1.54) is 17.4 Å². The SMILES string of the molecule is Cc1nc(N(C)c2c(F)ccc3c(Oc4ncccc4-c4ccnc(N[C@@H]5CNC[C@H](C)C5)n4)c(C)ccc23)cs1. The Labute approximate surface area is 242 Å². The largest absolute Gasteiger partial charge is 0.437 e. The Morgan fingerprint density at radius 1 is 1.02 bits per heavy atom. The maximum absolute atomic E-state index is 15.3. The zero-order valence-electron chi connectivity index (χ0n) is 23.5. The lowest BCUT2D eigenvalue weighted by molar-refractivity contribution is 0.377. The van der Waals surface area contributed by atoms with Crippen molar-refractivity contribution in [1.82, 2.24) is 25.3 Å². The smallest absolute Gasteiger partial charge is 0.228 e. The number of anilines is 3. The van der Waals surface area contributed by atoms with Crippen LogP contribution in [0.5, 0.6) is 11.6 Å². The van der Waals surface area contributed by atoms with Crippen LogP contribution in [0.2, 0.25) is 0 Å². The summed E-state index contributed by atoms with van der Waals surface area (Å²) in [7, 11) is 1.83. The third kappa shape index (κ3) is 5.57. The standard InChI is InChI=1S/C31H32FN7OS/c1-18-14-21(16-33-15-18)37-31-35-13-11-26(38-31)24-6-5-12-34-30(24)40-29-19(2)7-8-22-23(29)9-10-25(32)28(22)39(4)27-17-41-20(3)36-27/h5-13,17-18,21,33H,14-16H2,1-4H3,(H,35,37,38)/t18-,21+/m1/s1. The Kier molecular flexibility index (Phi) is 7.51. The lowest BCUT2D eigenvalue weighted by Crippen LogP contribution is -2.42. The van der Waals surface area contributed by atoms with Crippen molar-refractivity contribution in [1.29, 1.82) is 0 Å². The number of pyridine rings is 1. The quantitative estimate of drug-likeness (QED) is 0.219. The summed E-state index contributed by atoms with van der Waals surface area (Å²) in [5.74, 6) is 2.55. The Bertz CT molecular complexity index is 1710. The van der Waals surface area contributed by atoms with Crippen LogP contribution >= 0.6 is 11.3 Å². The van der Waals surface area contributed by atoms with E-state index in [1.807, 2.05) is 56.6 Å². The average molecular weight is 570 g/mol. The second-order valence-corrected chi connectivity index (χ2v) is 11.6. The Morgan fingerprint density at radius 3 is 2.68 bits per heavy atom. The lowest BCUT2D eigenvalue weighted by Gasteiger charge is -2.28. The van der Waals surface area contributed by atoms with E-state index in [0.29, 0.717) is 40.7 Å². The van der Waals surface area contributed by atoms with Crippen LogP contribution in [0.1, 0.15) is 23.9 Å². The number of benzene rings is 2. The van der Waals surface area contributed by atoms with Gasteiger partial charge in [0.15, 0.2) is 0 Å². The third-order valence-corrected chi connectivity index (χ3v) is 8.12. The van der Waals surface area contributed by atoms with E-state index < -0.39 is 0 Å². The molecule has 0 spiro atoms. The van der Waals surface area contributed by atoms with Crippen LogP contribution in [-0.4, -0.2) is 46.1 Å². The van der Waals surface area contributed by atoms with Crippen LogP contribution in [0.15, 0.2) is 60.2 Å². The summed E-state index contributed by atoms with van der Waals surface area (Å²) < 4.78 is 21.8. The molecule has 8 nitrogen and oxygen atoms in total. The highest BCUT2D eigenvalue weighted by molar-refractivity contribution is 7.09. The summed E-state index contributed by atoms with van der Waals surface area (Å²) in [6.45, 7) is 8.05. The minimum Gasteiger partial charge on any atom is -0.437 e. The van der Waals surface area contributed by atoms with Gasteiger partial charge in [0.1, 0.15) is 17.4 Å². The first-order valence-electron chi connectivity index (χ1n) is 13.7. The molecule has 5 aromatic rings. The van der Waals surface area contributed by atoms with E-state index in [-0.39, 0.29) is 11.9 Å². The molecule has 4 heterocycles. The lowest BCUT2D eigenvalue weighted by atomic mass is 9.98. The number of nitrogens with one attached hydrogen (secondary N) is 2. The topological polar surface area (TPSA) is 88.1 Å². The number of fused-ring (bicyclic) bond motifs is 1. The summed E-state index contributed by atoms with van der Waals surface area (Å²) in [5, 5.41) is 11.3. The van der Waals surface area contributed by atoms with Crippen LogP contribution in [0.25, 0.3) is 22.0 Å². The van der Waals surface area contributed by atoms with Gasteiger partial charge >= 0.3 is 0 Å². The molecule has 1 aliphatic heterocycles. The molecule has 0 radical (unpaired) electrons. The van der Waals surface area contributed by atoms with Gasteiger partial charge in [-0.1, -0.05) is 19.1 Å². The van der Waals surface area contributed by atoms with Crippen LogP contribution in [0.4, 0.5) is 21.8 Å². The summed E-state index contributed by atoms with van der Waals surface area (Å²) in [5.41, 5.74) is 2.78. The van der Waals surface area contributed by atoms with Crippen molar-refractivity contribution in [3.63, 3.8) is 0 Å². The fourth-order valence-electron chi connectivity index (χ4n) is 5.33. The van der Waals surface area contributed by atoms with Crippen LogP contribution in [-0.2, 0) is 0 Å². The van der Waals surface area contributed by atoms with Crippen molar-refractivity contribution >= 4 is 39.6 Å². The molecule has 1 aliphatic rings. The molecule has 2 N–H and O–H groups in total. The highest BCUT2D eigenvalue weighted by Crippen LogP contribution is 2.41. The first kappa shape index (κ1) is 27.0. The number of aromatic nitrogens is 4. The molecule has 3 aromatic heterocycles. The molecule has 210 valence electrons. The molecule has 10 heteroatoms. The Balaban J connectivity index is 1.36. The highest BCUT2D eigenvalue weighted by atomic mass is 32.1. The number of rotatable bonds is 7. The van der Waals surface area contributed by atoms with Gasteiger partial charge in [-0.3, -0.25) is 0 Å². The molecule has 41 heavy (non-hydrogen) atoms. The maximum Gasteiger partial charge on any atom is 0.228 e. The maximum atomic E-state index is 15.3. The van der Waals surface area contributed by atoms with Gasteiger partial charge in [0.05, 0.1) is 22.0 Å². The molecular formula is C31H32FN7OS. The minimum atomic E-state index is -0.331. The van der Waals surface area contributed by atoms with Crippen molar-refractivity contribution < 1.29 is 9.13 Å². The van der Waals surface area contributed by atoms with Crippen molar-refractivity contribution in [2.75, 3.05) is 30.4 Å². The second kappa shape index (κ2) is 11.4. The van der Waals surface area contributed by atoms with E-state index in [1.54, 1.807) is 23.4 Å². The van der Waals surface area contributed by atoms with Crippen molar-refractivity contribution in [2.24, 2.45) is 5.92 Å². The summed E-state index contributed by atoms with van der Waals surface area (Å²) in [6, 6.07) is 13.0. The van der Waals surface area contributed by atoms with Crippen LogP contribution < -0.4 is 20.3 Å². The monoisotopic (exact) mass is 569 g/mol. The van der Waals surface area contributed by atoms with E-state index in [9.17, 15) is 0 Å². The van der Waals surface area contributed by atoms with Gasteiger partial charge in [-0.05, 0) is 68.6 Å². The fourth-order valence-corrected chi connectivity index (χ4v) is 5.97. The summed E-state index contributed by atoms with van der Waals surface area (Å²) in [6.07, 6.45) is 4.50. The molecule has 0 bridgehead atoms. The number of hydrogen-bond donors (Lipinski definition) is 2. The molecule has 6 rings (SSSR count). The van der Waals surface area contributed by atoms with Crippen molar-refractivity contribution in [3.05, 3.63) is 76.6 Å². The Hall–Kier alpha value is -4.15. The van der Waals surface area contributed by atoms with E-state index in [0.717, 1.165) is 46.4 Å². The first-order valence-corrected chi connectivity index (χ1v) is 14.6. The van der Waals surface area contributed by atoms with Crippen molar-refractivity contribution in [2.45, 2.75) is 33.2 Å². The van der Waals surface area contributed by atoms with Gasteiger partial charge in [0.25, 0.3) is 0 Å². The molecule has 2 aromatic carbocycles. The predicted molar refractivity (Wildman–Crippen MR) is 163 cm³/mol. The number of piperidine rings is 1. The van der Waals surface area contributed by atoms with E-state index in [4.69, 9.17) is 9.72 Å². The molecular weight excluding hydrogens is 537 g/mol. The normalized spacial score (nSPS) is 17.0. The predicted octanol–water partition coefficient (Wildman–Crippen LogP) is 6.87. The van der Waals surface area contributed by atoms with E-state index in [2.05, 4.69) is 32.5 Å². The number of halogens is 1.